The number of hydrogen-bond donors (Lipinski definition) is 1. The Balaban J connectivity index is 2.21. The zero-order chi connectivity index (χ0) is 7.84. The van der Waals surface area contributed by atoms with Crippen LogP contribution in [0.4, 0.5) is 4.39 Å². The Morgan fingerprint density at radius 3 is 2.27 bits per heavy atom. The molecule has 11 heavy (non-hydrogen) atoms. The summed E-state index contributed by atoms with van der Waals surface area (Å²) in [5, 5.41) is 0. The number of rotatable bonds is 1. The van der Waals surface area contributed by atoms with Gasteiger partial charge in [0.15, 0.2) is 0 Å². The minimum Gasteiger partial charge on any atom is -0.327 e. The van der Waals surface area contributed by atoms with Crippen LogP contribution in [-0.2, 0) is 0 Å². The van der Waals surface area contributed by atoms with E-state index in [1.54, 1.807) is 0 Å². The average Bonchev–Trinajstić information content (AvgIpc) is 2.69. The number of hydrogen-bond acceptors (Lipinski definition) is 1. The van der Waals surface area contributed by atoms with Crippen LogP contribution >= 0.6 is 0 Å². The fourth-order valence-electron chi connectivity index (χ4n) is 1.31. The molecule has 0 spiro atoms. The largest absolute Gasteiger partial charge is 0.327 e. The molecule has 0 bridgehead atoms. The highest BCUT2D eigenvalue weighted by molar-refractivity contribution is 5.27. The van der Waals surface area contributed by atoms with E-state index < -0.39 is 0 Å². The van der Waals surface area contributed by atoms with Crippen LogP contribution in [-0.4, -0.2) is 6.04 Å². The van der Waals surface area contributed by atoms with Crippen molar-refractivity contribution in [1.82, 2.24) is 0 Å². The lowest BCUT2D eigenvalue weighted by molar-refractivity contribution is 0.627. The second-order valence-corrected chi connectivity index (χ2v) is 3.06. The predicted molar refractivity (Wildman–Crippen MR) is 41.7 cm³/mol. The first kappa shape index (κ1) is 6.80. The van der Waals surface area contributed by atoms with Gasteiger partial charge in [0.1, 0.15) is 5.82 Å². The van der Waals surface area contributed by atoms with Crippen molar-refractivity contribution in [2.75, 3.05) is 0 Å². The molecule has 0 aliphatic heterocycles. The van der Waals surface area contributed by atoms with E-state index in [9.17, 15) is 4.39 Å². The third kappa shape index (κ3) is 1.26. The molecule has 0 heterocycles. The summed E-state index contributed by atoms with van der Waals surface area (Å²) in [6.07, 6.45) is 1.05. The first-order valence-corrected chi connectivity index (χ1v) is 3.78. The lowest BCUT2D eigenvalue weighted by Gasteiger charge is -1.96. The highest BCUT2D eigenvalue weighted by Crippen LogP contribution is 2.38. The maximum Gasteiger partial charge on any atom is 0.123 e. The standard InChI is InChI=1S/C9H10FN/c10-7-3-1-6(2-4-7)8-5-9(8)11/h1-4,8-9H,5,11H2/t8-,9?/m0/s1. The summed E-state index contributed by atoms with van der Waals surface area (Å²) in [6.45, 7) is 0. The van der Waals surface area contributed by atoms with E-state index in [2.05, 4.69) is 0 Å². The summed E-state index contributed by atoms with van der Waals surface area (Å²) in [5.74, 6) is 0.304. The van der Waals surface area contributed by atoms with Crippen molar-refractivity contribution in [3.63, 3.8) is 0 Å². The van der Waals surface area contributed by atoms with Crippen LogP contribution in [0.25, 0.3) is 0 Å². The Bertz CT molecular complexity index is 255. The van der Waals surface area contributed by atoms with Crippen molar-refractivity contribution in [3.8, 4) is 0 Å². The summed E-state index contributed by atoms with van der Waals surface area (Å²) in [6, 6.07) is 6.90. The molecule has 1 saturated carbocycles. The summed E-state index contributed by atoms with van der Waals surface area (Å²) in [7, 11) is 0. The van der Waals surface area contributed by atoms with Crippen LogP contribution in [0, 0.1) is 5.82 Å². The predicted octanol–water partition coefficient (Wildman–Crippen LogP) is 1.64. The van der Waals surface area contributed by atoms with Crippen molar-refractivity contribution in [2.45, 2.75) is 18.4 Å². The van der Waals surface area contributed by atoms with Crippen LogP contribution in [0.3, 0.4) is 0 Å². The van der Waals surface area contributed by atoms with Gasteiger partial charge in [-0.3, -0.25) is 0 Å². The minimum atomic E-state index is -0.178. The topological polar surface area (TPSA) is 26.0 Å². The molecule has 1 aliphatic rings. The third-order valence-corrected chi connectivity index (χ3v) is 2.14. The molecule has 2 rings (SSSR count). The van der Waals surface area contributed by atoms with Gasteiger partial charge in [-0.1, -0.05) is 12.1 Å². The Hall–Kier alpha value is -0.890. The van der Waals surface area contributed by atoms with Gasteiger partial charge >= 0.3 is 0 Å². The molecule has 1 unspecified atom stereocenters. The molecule has 1 aromatic carbocycles. The van der Waals surface area contributed by atoms with Gasteiger partial charge in [-0.05, 0) is 24.1 Å². The Kier molecular flexibility index (Phi) is 1.43. The van der Waals surface area contributed by atoms with Crippen LogP contribution in [0.2, 0.25) is 0 Å². The highest BCUT2D eigenvalue weighted by Gasteiger charge is 2.34. The van der Waals surface area contributed by atoms with E-state index in [-0.39, 0.29) is 5.82 Å². The molecule has 58 valence electrons. The monoisotopic (exact) mass is 151 g/mol. The number of halogens is 1. The van der Waals surface area contributed by atoms with Gasteiger partial charge in [0.25, 0.3) is 0 Å². The van der Waals surface area contributed by atoms with Crippen LogP contribution in [0.5, 0.6) is 0 Å². The van der Waals surface area contributed by atoms with E-state index in [0.717, 1.165) is 6.42 Å². The Morgan fingerprint density at radius 2 is 1.82 bits per heavy atom. The summed E-state index contributed by atoms with van der Waals surface area (Å²) < 4.78 is 12.4. The summed E-state index contributed by atoms with van der Waals surface area (Å²) in [5.41, 5.74) is 6.81. The van der Waals surface area contributed by atoms with Gasteiger partial charge in [0.05, 0.1) is 0 Å². The van der Waals surface area contributed by atoms with Crippen LogP contribution in [0.1, 0.15) is 17.9 Å². The molecule has 1 aliphatic carbocycles. The zero-order valence-corrected chi connectivity index (χ0v) is 6.13. The number of benzene rings is 1. The summed E-state index contributed by atoms with van der Waals surface area (Å²) >= 11 is 0. The maximum atomic E-state index is 12.4. The van der Waals surface area contributed by atoms with Crippen molar-refractivity contribution < 1.29 is 4.39 Å². The van der Waals surface area contributed by atoms with Crippen molar-refractivity contribution in [3.05, 3.63) is 35.6 Å². The molecular weight excluding hydrogens is 141 g/mol. The second kappa shape index (κ2) is 2.31. The lowest BCUT2D eigenvalue weighted by atomic mass is 10.1. The van der Waals surface area contributed by atoms with Gasteiger partial charge in [-0.2, -0.15) is 0 Å². The Labute approximate surface area is 65.0 Å². The zero-order valence-electron chi connectivity index (χ0n) is 6.13. The molecular formula is C9H10FN. The molecule has 0 saturated heterocycles. The molecule has 1 aromatic rings. The molecule has 0 radical (unpaired) electrons. The quantitative estimate of drug-likeness (QED) is 0.648. The molecule has 2 atom stereocenters. The van der Waals surface area contributed by atoms with Crippen molar-refractivity contribution >= 4 is 0 Å². The molecule has 0 amide bonds. The molecule has 2 N–H and O–H groups in total. The first-order valence-electron chi connectivity index (χ1n) is 3.78. The van der Waals surface area contributed by atoms with Crippen LogP contribution in [0.15, 0.2) is 24.3 Å². The van der Waals surface area contributed by atoms with Crippen LogP contribution < -0.4 is 5.73 Å². The highest BCUT2D eigenvalue weighted by atomic mass is 19.1. The average molecular weight is 151 g/mol. The van der Waals surface area contributed by atoms with Gasteiger partial charge in [-0.25, -0.2) is 4.39 Å². The van der Waals surface area contributed by atoms with E-state index in [0.29, 0.717) is 12.0 Å². The van der Waals surface area contributed by atoms with E-state index >= 15 is 0 Å². The molecule has 2 heteroatoms. The second-order valence-electron chi connectivity index (χ2n) is 3.06. The molecule has 1 fully saturated rings. The van der Waals surface area contributed by atoms with Crippen molar-refractivity contribution in [1.29, 1.82) is 0 Å². The molecule has 1 nitrogen and oxygen atoms in total. The first-order chi connectivity index (χ1) is 5.27. The minimum absolute atomic E-state index is 0.178. The smallest absolute Gasteiger partial charge is 0.123 e. The SMILES string of the molecule is NC1C[C@H]1c1ccc(F)cc1. The van der Waals surface area contributed by atoms with E-state index in [1.165, 1.54) is 17.7 Å². The fraction of sp³-hybridized carbons (Fsp3) is 0.333. The molecule has 0 aromatic heterocycles. The van der Waals surface area contributed by atoms with Gasteiger partial charge in [0, 0.05) is 12.0 Å². The normalized spacial score (nSPS) is 28.5. The van der Waals surface area contributed by atoms with E-state index in [4.69, 9.17) is 5.73 Å². The lowest BCUT2D eigenvalue weighted by Crippen LogP contribution is -2.00. The van der Waals surface area contributed by atoms with Gasteiger partial charge < -0.3 is 5.73 Å². The fourth-order valence-corrected chi connectivity index (χ4v) is 1.31. The number of nitrogens with two attached hydrogens (primary N) is 1. The Morgan fingerprint density at radius 1 is 1.27 bits per heavy atom. The van der Waals surface area contributed by atoms with Crippen molar-refractivity contribution in [2.24, 2.45) is 5.73 Å². The van der Waals surface area contributed by atoms with Gasteiger partial charge in [0.2, 0.25) is 0 Å². The summed E-state index contributed by atoms with van der Waals surface area (Å²) in [4.78, 5) is 0. The maximum absolute atomic E-state index is 12.4. The third-order valence-electron chi connectivity index (χ3n) is 2.14. The van der Waals surface area contributed by atoms with Gasteiger partial charge in [-0.15, -0.1) is 0 Å². The van der Waals surface area contributed by atoms with E-state index in [1.807, 2.05) is 12.1 Å².